The first kappa shape index (κ1) is 32.5. The number of rotatable bonds is 25. The summed E-state index contributed by atoms with van der Waals surface area (Å²) in [7, 11) is 0. The van der Waals surface area contributed by atoms with Crippen LogP contribution < -0.4 is 0 Å². The zero-order valence-electron chi connectivity index (χ0n) is 23.9. The van der Waals surface area contributed by atoms with E-state index in [0.717, 1.165) is 31.2 Å². The number of aromatic hydroxyl groups is 1. The number of hydrogen-bond acceptors (Lipinski definition) is 3. The molecule has 0 aliphatic carbocycles. The minimum Gasteiger partial charge on any atom is -0.508 e. The maximum atomic E-state index is 12.9. The second kappa shape index (κ2) is 23.9. The van der Waals surface area contributed by atoms with Crippen molar-refractivity contribution in [3.8, 4) is 5.75 Å². The van der Waals surface area contributed by atoms with Crippen LogP contribution in [0.5, 0.6) is 5.75 Å². The Bertz CT molecular complexity index is 610. The minimum absolute atomic E-state index is 0.0332. The fourth-order valence-corrected chi connectivity index (χ4v) is 4.98. The summed E-state index contributed by atoms with van der Waals surface area (Å²) in [5.41, 5.74) is 1.10. The maximum absolute atomic E-state index is 12.9. The van der Waals surface area contributed by atoms with Gasteiger partial charge in [0.05, 0.1) is 12.5 Å². The topological polar surface area (TPSA) is 46.5 Å². The fraction of sp³-hybridized carbons (Fsp3) is 0.788. The summed E-state index contributed by atoms with van der Waals surface area (Å²) in [6.45, 7) is 5.08. The average molecular weight is 503 g/mol. The Hall–Kier alpha value is -1.51. The molecule has 1 aromatic rings. The van der Waals surface area contributed by atoms with Gasteiger partial charge in [-0.1, -0.05) is 148 Å². The van der Waals surface area contributed by atoms with Gasteiger partial charge in [-0.15, -0.1) is 0 Å². The van der Waals surface area contributed by atoms with Gasteiger partial charge in [0.15, 0.2) is 0 Å². The van der Waals surface area contributed by atoms with Gasteiger partial charge in [0.1, 0.15) is 5.75 Å². The van der Waals surface area contributed by atoms with Crippen molar-refractivity contribution in [1.82, 2.24) is 0 Å². The lowest BCUT2D eigenvalue weighted by atomic mass is 9.93. The first-order chi connectivity index (χ1) is 17.7. The highest BCUT2D eigenvalue weighted by Gasteiger charge is 2.20. The van der Waals surface area contributed by atoms with Crippen LogP contribution in [0.25, 0.3) is 0 Å². The van der Waals surface area contributed by atoms with Crippen molar-refractivity contribution in [1.29, 1.82) is 0 Å². The van der Waals surface area contributed by atoms with Gasteiger partial charge in [-0.05, 0) is 37.0 Å². The van der Waals surface area contributed by atoms with Gasteiger partial charge < -0.3 is 9.84 Å². The van der Waals surface area contributed by atoms with E-state index < -0.39 is 0 Å². The zero-order chi connectivity index (χ0) is 26.1. The third kappa shape index (κ3) is 18.7. The van der Waals surface area contributed by atoms with Crippen molar-refractivity contribution >= 4 is 5.97 Å². The van der Waals surface area contributed by atoms with Gasteiger partial charge in [-0.2, -0.15) is 0 Å². The van der Waals surface area contributed by atoms with E-state index in [2.05, 4.69) is 13.8 Å². The quantitative estimate of drug-likeness (QED) is 0.107. The molecule has 3 heteroatoms. The van der Waals surface area contributed by atoms with Crippen molar-refractivity contribution in [3.63, 3.8) is 0 Å². The fourth-order valence-electron chi connectivity index (χ4n) is 4.98. The van der Waals surface area contributed by atoms with Crippen LogP contribution in [0.4, 0.5) is 0 Å². The number of carbonyl (C=O) groups is 1. The van der Waals surface area contributed by atoms with E-state index in [1.54, 1.807) is 12.1 Å². The first-order valence-corrected chi connectivity index (χ1v) is 15.6. The van der Waals surface area contributed by atoms with Gasteiger partial charge in [0.2, 0.25) is 0 Å². The van der Waals surface area contributed by atoms with Crippen LogP contribution >= 0.6 is 0 Å². The molecule has 0 aromatic heterocycles. The van der Waals surface area contributed by atoms with E-state index in [-0.39, 0.29) is 17.6 Å². The van der Waals surface area contributed by atoms with Crippen LogP contribution in [0.2, 0.25) is 0 Å². The van der Waals surface area contributed by atoms with Gasteiger partial charge >= 0.3 is 5.97 Å². The van der Waals surface area contributed by atoms with Crippen LogP contribution in [0.15, 0.2) is 24.3 Å². The molecule has 208 valence electrons. The Kier molecular flexibility index (Phi) is 21.6. The average Bonchev–Trinajstić information content (AvgIpc) is 2.88. The standard InChI is InChI=1S/C33H58O3/c1-3-5-7-9-11-13-14-15-16-17-19-21-23-31(29-30-24-26-32(34)27-25-30)33(35)36-28-22-20-18-12-10-8-6-4-2/h24-27,31,34H,3-23,28-29H2,1-2H3. The Labute approximate surface area is 223 Å². The third-order valence-corrected chi connectivity index (χ3v) is 7.40. The molecule has 1 unspecified atom stereocenters. The highest BCUT2D eigenvalue weighted by molar-refractivity contribution is 5.72. The largest absolute Gasteiger partial charge is 0.508 e. The zero-order valence-corrected chi connectivity index (χ0v) is 23.9. The monoisotopic (exact) mass is 502 g/mol. The lowest BCUT2D eigenvalue weighted by Crippen LogP contribution is -2.21. The molecule has 0 aliphatic rings. The number of phenols is 1. The predicted molar refractivity (Wildman–Crippen MR) is 155 cm³/mol. The van der Waals surface area contributed by atoms with Crippen molar-refractivity contribution < 1.29 is 14.6 Å². The van der Waals surface area contributed by atoms with E-state index in [0.29, 0.717) is 13.0 Å². The molecule has 0 heterocycles. The molecule has 0 spiro atoms. The summed E-state index contributed by atoms with van der Waals surface area (Å²) < 4.78 is 5.71. The molecule has 0 fully saturated rings. The second-order valence-corrected chi connectivity index (χ2v) is 10.9. The first-order valence-electron chi connectivity index (χ1n) is 15.6. The molecule has 1 atom stereocenters. The molecule has 3 nitrogen and oxygen atoms in total. The molecule has 0 amide bonds. The molecule has 1 N–H and O–H groups in total. The molecule has 0 aliphatic heterocycles. The number of unbranched alkanes of at least 4 members (excludes halogenated alkanes) is 18. The highest BCUT2D eigenvalue weighted by Crippen LogP contribution is 2.21. The number of carbonyl (C=O) groups excluding carboxylic acids is 1. The van der Waals surface area contributed by atoms with Gasteiger partial charge in [-0.25, -0.2) is 0 Å². The lowest BCUT2D eigenvalue weighted by molar-refractivity contribution is -0.149. The summed E-state index contributed by atoms with van der Waals surface area (Å²) in [5.74, 6) is 0.161. The van der Waals surface area contributed by atoms with Gasteiger partial charge in [-0.3, -0.25) is 4.79 Å². The number of hydrogen-bond donors (Lipinski definition) is 1. The molecular weight excluding hydrogens is 444 g/mol. The van der Waals surface area contributed by atoms with Crippen molar-refractivity contribution in [2.24, 2.45) is 5.92 Å². The molecule has 1 aromatic carbocycles. The Balaban J connectivity index is 2.23. The lowest BCUT2D eigenvalue weighted by Gasteiger charge is -2.16. The molecule has 0 radical (unpaired) electrons. The Morgan fingerprint density at radius 1 is 0.639 bits per heavy atom. The van der Waals surface area contributed by atoms with E-state index in [9.17, 15) is 9.90 Å². The van der Waals surface area contributed by atoms with Crippen molar-refractivity contribution in [2.75, 3.05) is 6.61 Å². The van der Waals surface area contributed by atoms with E-state index in [1.165, 1.54) is 109 Å². The highest BCUT2D eigenvalue weighted by atomic mass is 16.5. The molecule has 0 bridgehead atoms. The normalized spacial score (nSPS) is 12.1. The minimum atomic E-state index is -0.0771. The summed E-state index contributed by atoms with van der Waals surface area (Å²) in [4.78, 5) is 12.9. The predicted octanol–water partition coefficient (Wildman–Crippen LogP) is 10.3. The van der Waals surface area contributed by atoms with E-state index in [4.69, 9.17) is 4.74 Å². The Morgan fingerprint density at radius 3 is 1.53 bits per heavy atom. The Morgan fingerprint density at radius 2 is 1.06 bits per heavy atom. The van der Waals surface area contributed by atoms with Crippen LogP contribution in [0.1, 0.15) is 154 Å². The molecule has 0 saturated carbocycles. The number of esters is 1. The number of ether oxygens (including phenoxy) is 1. The van der Waals surface area contributed by atoms with Crippen LogP contribution in [-0.4, -0.2) is 17.7 Å². The van der Waals surface area contributed by atoms with Crippen LogP contribution in [0.3, 0.4) is 0 Å². The van der Waals surface area contributed by atoms with Gasteiger partial charge in [0.25, 0.3) is 0 Å². The van der Waals surface area contributed by atoms with E-state index in [1.807, 2.05) is 12.1 Å². The summed E-state index contributed by atoms with van der Waals surface area (Å²) >= 11 is 0. The van der Waals surface area contributed by atoms with Crippen molar-refractivity contribution in [2.45, 2.75) is 155 Å². The molecule has 36 heavy (non-hydrogen) atoms. The smallest absolute Gasteiger partial charge is 0.309 e. The van der Waals surface area contributed by atoms with Crippen molar-refractivity contribution in [3.05, 3.63) is 29.8 Å². The van der Waals surface area contributed by atoms with Crippen LogP contribution in [-0.2, 0) is 16.0 Å². The van der Waals surface area contributed by atoms with E-state index >= 15 is 0 Å². The summed E-state index contributed by atoms with van der Waals surface area (Å²) in [6, 6.07) is 7.27. The van der Waals surface area contributed by atoms with Gasteiger partial charge in [0, 0.05) is 0 Å². The molecular formula is C33H58O3. The molecule has 1 rings (SSSR count). The number of benzene rings is 1. The number of phenolic OH excluding ortho intramolecular Hbond substituents is 1. The van der Waals surface area contributed by atoms with Crippen LogP contribution in [0, 0.1) is 5.92 Å². The summed E-state index contributed by atoms with van der Waals surface area (Å²) in [6.07, 6.45) is 27.5. The summed E-state index contributed by atoms with van der Waals surface area (Å²) in [5, 5.41) is 9.58. The second-order valence-electron chi connectivity index (χ2n) is 10.9. The third-order valence-electron chi connectivity index (χ3n) is 7.40. The maximum Gasteiger partial charge on any atom is 0.309 e. The molecule has 0 saturated heterocycles. The SMILES string of the molecule is CCCCCCCCCCCCCCC(Cc1ccc(O)cc1)C(=O)OCCCCCCCCCC.